The Morgan fingerprint density at radius 1 is 0.967 bits per heavy atom. The van der Waals surface area contributed by atoms with Crippen molar-refractivity contribution in [3.8, 4) is 11.3 Å². The summed E-state index contributed by atoms with van der Waals surface area (Å²) in [6.07, 6.45) is 12.9. The molecule has 0 aliphatic heterocycles. The quantitative estimate of drug-likeness (QED) is 0.641. The van der Waals surface area contributed by atoms with Gasteiger partial charge in [-0.1, -0.05) is 49.6 Å². The zero-order valence-electron chi connectivity index (χ0n) is 17.6. The van der Waals surface area contributed by atoms with Crippen molar-refractivity contribution in [1.82, 2.24) is 19.7 Å². The summed E-state index contributed by atoms with van der Waals surface area (Å²) < 4.78 is 2.12. The molecule has 6 heteroatoms. The second kappa shape index (κ2) is 8.72. The van der Waals surface area contributed by atoms with Crippen molar-refractivity contribution >= 4 is 17.0 Å². The second-order valence-corrected chi connectivity index (χ2v) is 9.09. The van der Waals surface area contributed by atoms with Gasteiger partial charge in [0.15, 0.2) is 5.65 Å². The van der Waals surface area contributed by atoms with Gasteiger partial charge in [0.05, 0.1) is 5.39 Å². The van der Waals surface area contributed by atoms with E-state index in [1.165, 1.54) is 44.9 Å². The van der Waals surface area contributed by atoms with Gasteiger partial charge in [0.2, 0.25) is 5.95 Å². The van der Waals surface area contributed by atoms with Crippen LogP contribution in [0.4, 0.5) is 5.95 Å². The molecule has 2 saturated carbocycles. The van der Waals surface area contributed by atoms with Gasteiger partial charge in [0.25, 0.3) is 0 Å². The van der Waals surface area contributed by atoms with Gasteiger partial charge in [-0.05, 0) is 44.4 Å². The SMILES string of the molecule is NC1CCC(Cn2nc(-c3ccccc3)c3cnc(NC4CCCCC4)nc32)CC1. The molecule has 2 aromatic heterocycles. The molecule has 2 aliphatic carbocycles. The highest BCUT2D eigenvalue weighted by Gasteiger charge is 2.22. The van der Waals surface area contributed by atoms with Crippen molar-refractivity contribution < 1.29 is 0 Å². The third-order valence-electron chi connectivity index (χ3n) is 6.80. The first kappa shape index (κ1) is 19.5. The lowest BCUT2D eigenvalue weighted by atomic mass is 9.86. The Kier molecular flexibility index (Phi) is 5.67. The molecule has 0 saturated heterocycles. The molecule has 2 heterocycles. The smallest absolute Gasteiger partial charge is 0.224 e. The van der Waals surface area contributed by atoms with Gasteiger partial charge in [-0.2, -0.15) is 10.1 Å². The van der Waals surface area contributed by atoms with E-state index < -0.39 is 0 Å². The molecule has 0 bridgehead atoms. The molecule has 3 N–H and O–H groups in total. The summed E-state index contributed by atoms with van der Waals surface area (Å²) in [6.45, 7) is 0.899. The predicted molar refractivity (Wildman–Crippen MR) is 121 cm³/mol. The predicted octanol–water partition coefficient (Wildman–Crippen LogP) is 4.76. The Morgan fingerprint density at radius 3 is 2.50 bits per heavy atom. The van der Waals surface area contributed by atoms with E-state index in [0.717, 1.165) is 47.6 Å². The number of fused-ring (bicyclic) bond motifs is 1. The van der Waals surface area contributed by atoms with Crippen LogP contribution in [0.15, 0.2) is 36.5 Å². The average Bonchev–Trinajstić information content (AvgIpc) is 3.14. The Labute approximate surface area is 178 Å². The lowest BCUT2D eigenvalue weighted by Gasteiger charge is -2.26. The zero-order valence-corrected chi connectivity index (χ0v) is 17.6. The van der Waals surface area contributed by atoms with Gasteiger partial charge in [0.1, 0.15) is 5.69 Å². The summed E-state index contributed by atoms with van der Waals surface area (Å²) in [5.74, 6) is 1.35. The Hall–Kier alpha value is -2.47. The fourth-order valence-corrected chi connectivity index (χ4v) is 5.01. The number of nitrogens with two attached hydrogens (primary N) is 1. The highest BCUT2D eigenvalue weighted by Crippen LogP contribution is 2.30. The van der Waals surface area contributed by atoms with Crippen LogP contribution in [0.2, 0.25) is 0 Å². The van der Waals surface area contributed by atoms with Gasteiger partial charge < -0.3 is 11.1 Å². The number of hydrogen-bond donors (Lipinski definition) is 2. The average molecular weight is 405 g/mol. The largest absolute Gasteiger partial charge is 0.351 e. The minimum absolute atomic E-state index is 0.365. The van der Waals surface area contributed by atoms with Crippen molar-refractivity contribution in [1.29, 1.82) is 0 Å². The maximum absolute atomic E-state index is 6.12. The van der Waals surface area contributed by atoms with Gasteiger partial charge in [-0.15, -0.1) is 0 Å². The third kappa shape index (κ3) is 4.19. The number of anilines is 1. The van der Waals surface area contributed by atoms with Crippen molar-refractivity contribution in [3.63, 3.8) is 0 Å². The van der Waals surface area contributed by atoms with Gasteiger partial charge in [0, 0.05) is 30.4 Å². The number of benzene rings is 1. The number of nitrogens with zero attached hydrogens (tertiary/aromatic N) is 4. The molecule has 2 fully saturated rings. The van der Waals surface area contributed by atoms with E-state index in [2.05, 4.69) is 39.2 Å². The third-order valence-corrected chi connectivity index (χ3v) is 6.80. The van der Waals surface area contributed by atoms with E-state index in [9.17, 15) is 0 Å². The number of rotatable bonds is 5. The summed E-state index contributed by atoms with van der Waals surface area (Å²) in [5, 5.41) is 9.63. The van der Waals surface area contributed by atoms with Crippen molar-refractivity contribution in [3.05, 3.63) is 36.5 Å². The van der Waals surface area contributed by atoms with Crippen LogP contribution < -0.4 is 11.1 Å². The van der Waals surface area contributed by atoms with Crippen LogP contribution in [0, 0.1) is 5.92 Å². The molecule has 2 aliphatic rings. The van der Waals surface area contributed by atoms with Crippen molar-refractivity contribution in [2.24, 2.45) is 11.7 Å². The highest BCUT2D eigenvalue weighted by molar-refractivity contribution is 5.91. The van der Waals surface area contributed by atoms with E-state index in [4.69, 9.17) is 15.8 Å². The maximum Gasteiger partial charge on any atom is 0.224 e. The molecule has 0 atom stereocenters. The molecular formula is C24H32N6. The fraction of sp³-hybridized carbons (Fsp3) is 0.542. The topological polar surface area (TPSA) is 81.7 Å². The maximum atomic E-state index is 6.12. The van der Waals surface area contributed by atoms with Crippen molar-refractivity contribution in [2.75, 3.05) is 5.32 Å². The van der Waals surface area contributed by atoms with Gasteiger partial charge >= 0.3 is 0 Å². The van der Waals surface area contributed by atoms with E-state index in [-0.39, 0.29) is 0 Å². The lowest BCUT2D eigenvalue weighted by molar-refractivity contribution is 0.288. The summed E-state index contributed by atoms with van der Waals surface area (Å²) in [4.78, 5) is 9.61. The molecule has 0 unspecified atom stereocenters. The molecule has 0 spiro atoms. The van der Waals surface area contributed by atoms with Crippen LogP contribution >= 0.6 is 0 Å². The first-order valence-corrected chi connectivity index (χ1v) is 11.6. The second-order valence-electron chi connectivity index (χ2n) is 9.09. The molecule has 1 aromatic carbocycles. The molecule has 5 rings (SSSR count). The molecule has 3 aromatic rings. The molecule has 158 valence electrons. The van der Waals surface area contributed by atoms with E-state index in [1.54, 1.807) is 0 Å². The number of aromatic nitrogens is 4. The molecule has 30 heavy (non-hydrogen) atoms. The minimum atomic E-state index is 0.365. The molecule has 6 nitrogen and oxygen atoms in total. The number of hydrogen-bond acceptors (Lipinski definition) is 5. The Morgan fingerprint density at radius 2 is 1.73 bits per heavy atom. The first-order valence-electron chi connectivity index (χ1n) is 11.6. The van der Waals surface area contributed by atoms with E-state index >= 15 is 0 Å². The monoisotopic (exact) mass is 404 g/mol. The van der Waals surface area contributed by atoms with E-state index in [0.29, 0.717) is 18.0 Å². The fourth-order valence-electron chi connectivity index (χ4n) is 5.01. The van der Waals surface area contributed by atoms with Gasteiger partial charge in [-0.3, -0.25) is 0 Å². The summed E-state index contributed by atoms with van der Waals surface area (Å²) in [7, 11) is 0. The van der Waals surface area contributed by atoms with E-state index in [1.807, 2.05) is 12.3 Å². The Balaban J connectivity index is 1.48. The normalized spacial score (nSPS) is 23.0. The van der Waals surface area contributed by atoms with Crippen LogP contribution in [0.5, 0.6) is 0 Å². The summed E-state index contributed by atoms with van der Waals surface area (Å²) in [5.41, 5.74) is 9.15. The van der Waals surface area contributed by atoms with Gasteiger partial charge in [-0.25, -0.2) is 9.67 Å². The van der Waals surface area contributed by atoms with Crippen LogP contribution in [-0.4, -0.2) is 31.8 Å². The summed E-state index contributed by atoms with van der Waals surface area (Å²) >= 11 is 0. The minimum Gasteiger partial charge on any atom is -0.351 e. The van der Waals surface area contributed by atoms with Crippen LogP contribution in [0.1, 0.15) is 57.8 Å². The van der Waals surface area contributed by atoms with Crippen LogP contribution in [0.3, 0.4) is 0 Å². The standard InChI is InChI=1S/C24H32N6/c25-19-13-11-17(12-14-19)16-30-23-21(22(29-30)18-7-3-1-4-8-18)15-26-24(28-23)27-20-9-5-2-6-10-20/h1,3-4,7-8,15,17,19-20H,2,5-6,9-14,16,25H2,(H,26,27,28). The Bertz CT molecular complexity index is 968. The molecular weight excluding hydrogens is 372 g/mol. The van der Waals surface area contributed by atoms with Crippen molar-refractivity contribution in [2.45, 2.75) is 76.4 Å². The summed E-state index contributed by atoms with van der Waals surface area (Å²) in [6, 6.07) is 11.2. The molecule has 0 radical (unpaired) electrons. The number of nitrogens with one attached hydrogen (secondary N) is 1. The lowest BCUT2D eigenvalue weighted by Crippen LogP contribution is -2.28. The van der Waals surface area contributed by atoms with Crippen LogP contribution in [0.25, 0.3) is 22.3 Å². The zero-order chi connectivity index (χ0) is 20.3. The molecule has 0 amide bonds. The highest BCUT2D eigenvalue weighted by atomic mass is 15.3. The first-order chi connectivity index (χ1) is 14.8. The van der Waals surface area contributed by atoms with Crippen LogP contribution in [-0.2, 0) is 6.54 Å².